The first kappa shape index (κ1) is 13.9. The van der Waals surface area contributed by atoms with E-state index in [1.54, 1.807) is 0 Å². The number of hydrogen-bond acceptors (Lipinski definition) is 4. The molecule has 6 heteroatoms. The Morgan fingerprint density at radius 1 is 1.41 bits per heavy atom. The Morgan fingerprint density at radius 2 is 2.12 bits per heavy atom. The van der Waals surface area contributed by atoms with Crippen LogP contribution in [0.2, 0.25) is 0 Å². The highest BCUT2D eigenvalue weighted by Gasteiger charge is 2.29. The fourth-order valence-corrected chi connectivity index (χ4v) is 2.15. The summed E-state index contributed by atoms with van der Waals surface area (Å²) in [6.45, 7) is 0.0648. The lowest BCUT2D eigenvalue weighted by molar-refractivity contribution is -0.137. The molecule has 0 radical (unpaired) electrons. The Kier molecular flexibility index (Phi) is 5.37. The van der Waals surface area contributed by atoms with Crippen LogP contribution in [0, 0.1) is 5.92 Å². The molecule has 0 aliphatic heterocycles. The average Bonchev–Trinajstić information content (AvgIpc) is 2.72. The van der Waals surface area contributed by atoms with E-state index in [-0.39, 0.29) is 37.3 Å². The molecule has 0 bridgehead atoms. The molecule has 0 aromatic rings. The molecule has 1 saturated carbocycles. The lowest BCUT2D eigenvalue weighted by atomic mass is 10.0. The molecule has 0 aromatic carbocycles. The van der Waals surface area contributed by atoms with E-state index in [4.69, 9.17) is 15.9 Å². The number of amides is 1. The third-order valence-corrected chi connectivity index (χ3v) is 3.23. The lowest BCUT2D eigenvalue weighted by Gasteiger charge is -2.21. The number of hydrogen-bond donors (Lipinski definition) is 4. The minimum Gasteiger partial charge on any atom is -0.481 e. The van der Waals surface area contributed by atoms with Crippen LogP contribution in [0.4, 0.5) is 0 Å². The Labute approximate surface area is 100 Å². The van der Waals surface area contributed by atoms with E-state index in [9.17, 15) is 9.59 Å². The van der Waals surface area contributed by atoms with Gasteiger partial charge in [0.05, 0.1) is 6.04 Å². The molecular weight excluding hydrogens is 224 g/mol. The van der Waals surface area contributed by atoms with E-state index in [2.05, 4.69) is 5.32 Å². The highest BCUT2D eigenvalue weighted by molar-refractivity contribution is 5.82. The topological polar surface area (TPSA) is 113 Å². The monoisotopic (exact) mass is 244 g/mol. The van der Waals surface area contributed by atoms with E-state index in [0.29, 0.717) is 0 Å². The average molecular weight is 244 g/mol. The Bertz CT molecular complexity index is 283. The summed E-state index contributed by atoms with van der Waals surface area (Å²) < 4.78 is 0. The van der Waals surface area contributed by atoms with Crippen molar-refractivity contribution < 1.29 is 19.8 Å². The van der Waals surface area contributed by atoms with E-state index in [1.165, 1.54) is 0 Å². The fourth-order valence-electron chi connectivity index (χ4n) is 2.15. The molecule has 3 unspecified atom stereocenters. The quantitative estimate of drug-likeness (QED) is 0.501. The minimum atomic E-state index is -0.956. The van der Waals surface area contributed by atoms with Gasteiger partial charge in [-0.3, -0.25) is 9.59 Å². The molecule has 0 aromatic heterocycles. The molecular formula is C11H20N2O4. The number of aliphatic hydroxyl groups is 1. The maximum Gasteiger partial charge on any atom is 0.303 e. The lowest BCUT2D eigenvalue weighted by Crippen LogP contribution is -2.47. The number of carboxylic acids is 1. The van der Waals surface area contributed by atoms with Gasteiger partial charge in [0.25, 0.3) is 0 Å². The van der Waals surface area contributed by atoms with Crippen LogP contribution in [0.15, 0.2) is 0 Å². The summed E-state index contributed by atoms with van der Waals surface area (Å²) in [6.07, 6.45) is 2.77. The summed E-state index contributed by atoms with van der Waals surface area (Å²) in [4.78, 5) is 22.0. The van der Waals surface area contributed by atoms with Crippen LogP contribution < -0.4 is 11.1 Å². The SMILES string of the molecule is NC(CCC(=O)O)C(=O)NC1CCCC1CO. The molecule has 0 heterocycles. The summed E-state index contributed by atoms with van der Waals surface area (Å²) in [6, 6.07) is -0.811. The molecule has 0 spiro atoms. The number of rotatable bonds is 6. The van der Waals surface area contributed by atoms with E-state index in [0.717, 1.165) is 19.3 Å². The molecule has 1 aliphatic carbocycles. The van der Waals surface area contributed by atoms with Gasteiger partial charge < -0.3 is 21.3 Å². The first-order valence-electron chi connectivity index (χ1n) is 5.93. The summed E-state index contributed by atoms with van der Waals surface area (Å²) in [7, 11) is 0. The molecule has 1 fully saturated rings. The second-order valence-electron chi connectivity index (χ2n) is 4.53. The minimum absolute atomic E-state index is 0.0246. The molecule has 17 heavy (non-hydrogen) atoms. The van der Waals surface area contributed by atoms with Crippen LogP contribution in [0.5, 0.6) is 0 Å². The molecule has 1 amide bonds. The first-order chi connectivity index (χ1) is 8.04. The normalized spacial score (nSPS) is 25.5. The van der Waals surface area contributed by atoms with Crippen molar-refractivity contribution >= 4 is 11.9 Å². The highest BCUT2D eigenvalue weighted by Crippen LogP contribution is 2.25. The van der Waals surface area contributed by atoms with Crippen LogP contribution >= 0.6 is 0 Å². The van der Waals surface area contributed by atoms with Crippen molar-refractivity contribution in [3.8, 4) is 0 Å². The third-order valence-electron chi connectivity index (χ3n) is 3.23. The fraction of sp³-hybridized carbons (Fsp3) is 0.818. The number of carbonyl (C=O) groups excluding carboxylic acids is 1. The number of nitrogens with one attached hydrogen (secondary N) is 1. The highest BCUT2D eigenvalue weighted by atomic mass is 16.4. The summed E-state index contributed by atoms with van der Waals surface area (Å²) in [5, 5.41) is 20.4. The molecule has 3 atom stereocenters. The van der Waals surface area contributed by atoms with Crippen molar-refractivity contribution in [2.75, 3.05) is 6.61 Å². The Hall–Kier alpha value is -1.14. The summed E-state index contributed by atoms with van der Waals surface area (Å²) in [5.41, 5.74) is 5.59. The molecule has 0 saturated heterocycles. The van der Waals surface area contributed by atoms with Gasteiger partial charge in [0.1, 0.15) is 0 Å². The van der Waals surface area contributed by atoms with Crippen molar-refractivity contribution in [3.63, 3.8) is 0 Å². The number of aliphatic hydroxyl groups excluding tert-OH is 1. The second-order valence-corrected chi connectivity index (χ2v) is 4.53. The molecule has 5 N–H and O–H groups in total. The summed E-state index contributed by atoms with van der Waals surface area (Å²) >= 11 is 0. The molecule has 1 rings (SSSR count). The van der Waals surface area contributed by atoms with Gasteiger partial charge in [-0.1, -0.05) is 6.42 Å². The van der Waals surface area contributed by atoms with Crippen molar-refractivity contribution in [1.29, 1.82) is 0 Å². The maximum absolute atomic E-state index is 11.7. The first-order valence-corrected chi connectivity index (χ1v) is 5.93. The molecule has 1 aliphatic rings. The standard InChI is InChI=1S/C11H20N2O4/c12-8(4-5-10(15)16)11(17)13-9-3-1-2-7(9)6-14/h7-9,14H,1-6,12H2,(H,13,17)(H,15,16). The zero-order valence-corrected chi connectivity index (χ0v) is 9.76. The third kappa shape index (κ3) is 4.32. The zero-order chi connectivity index (χ0) is 12.8. The predicted octanol–water partition coefficient (Wildman–Crippen LogP) is -0.544. The van der Waals surface area contributed by atoms with Gasteiger partial charge in [0.15, 0.2) is 0 Å². The van der Waals surface area contributed by atoms with Gasteiger partial charge in [-0.15, -0.1) is 0 Å². The number of carboxylic acid groups (broad SMARTS) is 1. The van der Waals surface area contributed by atoms with Gasteiger partial charge in [-0.2, -0.15) is 0 Å². The largest absolute Gasteiger partial charge is 0.481 e. The van der Waals surface area contributed by atoms with Crippen molar-refractivity contribution in [2.24, 2.45) is 11.7 Å². The predicted molar refractivity (Wildman–Crippen MR) is 61.2 cm³/mol. The van der Waals surface area contributed by atoms with E-state index in [1.807, 2.05) is 0 Å². The zero-order valence-electron chi connectivity index (χ0n) is 9.76. The number of nitrogens with two attached hydrogens (primary N) is 1. The Balaban J connectivity index is 2.34. The van der Waals surface area contributed by atoms with Gasteiger partial charge >= 0.3 is 5.97 Å². The molecule has 98 valence electrons. The Morgan fingerprint density at radius 3 is 2.71 bits per heavy atom. The molecule has 6 nitrogen and oxygen atoms in total. The maximum atomic E-state index is 11.7. The van der Waals surface area contributed by atoms with Gasteiger partial charge in [0, 0.05) is 25.0 Å². The van der Waals surface area contributed by atoms with Crippen LogP contribution in [-0.4, -0.2) is 40.8 Å². The van der Waals surface area contributed by atoms with Crippen LogP contribution in [-0.2, 0) is 9.59 Å². The van der Waals surface area contributed by atoms with Gasteiger partial charge in [0.2, 0.25) is 5.91 Å². The van der Waals surface area contributed by atoms with Crippen LogP contribution in [0.3, 0.4) is 0 Å². The van der Waals surface area contributed by atoms with Crippen LogP contribution in [0.25, 0.3) is 0 Å². The van der Waals surface area contributed by atoms with Crippen LogP contribution in [0.1, 0.15) is 32.1 Å². The number of carbonyl (C=O) groups is 2. The van der Waals surface area contributed by atoms with Crippen molar-refractivity contribution in [2.45, 2.75) is 44.2 Å². The van der Waals surface area contributed by atoms with Gasteiger partial charge in [-0.05, 0) is 19.3 Å². The van der Waals surface area contributed by atoms with Gasteiger partial charge in [-0.25, -0.2) is 0 Å². The van der Waals surface area contributed by atoms with Crippen molar-refractivity contribution in [1.82, 2.24) is 5.32 Å². The van der Waals surface area contributed by atoms with E-state index < -0.39 is 12.0 Å². The van der Waals surface area contributed by atoms with Crippen molar-refractivity contribution in [3.05, 3.63) is 0 Å². The second kappa shape index (κ2) is 6.56. The number of aliphatic carboxylic acids is 1. The summed E-state index contributed by atoms with van der Waals surface area (Å²) in [5.74, 6) is -1.18. The smallest absolute Gasteiger partial charge is 0.303 e. The van der Waals surface area contributed by atoms with E-state index >= 15 is 0 Å².